The number of hydrogen-bond donors (Lipinski definition) is 3. The van der Waals surface area contributed by atoms with Crippen molar-refractivity contribution in [3.05, 3.63) is 40.4 Å². The van der Waals surface area contributed by atoms with E-state index in [4.69, 9.17) is 0 Å². The lowest BCUT2D eigenvalue weighted by atomic mass is 9.85. The molecule has 2 aliphatic rings. The van der Waals surface area contributed by atoms with Gasteiger partial charge in [-0.2, -0.15) is 0 Å². The third-order valence-corrected chi connectivity index (χ3v) is 5.42. The maximum Gasteiger partial charge on any atom is 0.287 e. The third kappa shape index (κ3) is 2.34. The van der Waals surface area contributed by atoms with E-state index in [1.807, 2.05) is 0 Å². The molecule has 1 aromatic carbocycles. The molecule has 1 amide bonds. The minimum absolute atomic E-state index is 0.0250. The van der Waals surface area contributed by atoms with E-state index in [1.165, 1.54) is 0 Å². The number of fused-ring (bicyclic) bond motifs is 3. The Labute approximate surface area is 132 Å². The molecule has 23 heavy (non-hydrogen) atoms. The van der Waals surface area contributed by atoms with Crippen molar-refractivity contribution in [1.82, 2.24) is 15.3 Å². The van der Waals surface area contributed by atoms with Crippen molar-refractivity contribution >= 4 is 16.8 Å². The van der Waals surface area contributed by atoms with Gasteiger partial charge < -0.3 is 15.4 Å². The van der Waals surface area contributed by atoms with E-state index >= 15 is 0 Å². The molecule has 2 saturated carbocycles. The van der Waals surface area contributed by atoms with Crippen LogP contribution in [0, 0.1) is 17.8 Å². The molecule has 0 spiro atoms. The summed E-state index contributed by atoms with van der Waals surface area (Å²) in [6, 6.07) is 6.92. The summed E-state index contributed by atoms with van der Waals surface area (Å²) in [6.45, 7) is 0.0911. The van der Waals surface area contributed by atoms with Crippen LogP contribution in [0.25, 0.3) is 10.9 Å². The highest BCUT2D eigenvalue weighted by Gasteiger charge is 2.47. The van der Waals surface area contributed by atoms with Crippen LogP contribution in [0.2, 0.25) is 0 Å². The molecule has 2 aromatic rings. The van der Waals surface area contributed by atoms with Gasteiger partial charge in [0.1, 0.15) is 0 Å². The average Bonchev–Trinajstić information content (AvgIpc) is 3.16. The van der Waals surface area contributed by atoms with Crippen LogP contribution < -0.4 is 10.9 Å². The Balaban J connectivity index is 1.61. The molecule has 4 atom stereocenters. The van der Waals surface area contributed by atoms with Crippen LogP contribution in [-0.4, -0.2) is 33.6 Å². The van der Waals surface area contributed by atoms with E-state index in [-0.39, 0.29) is 35.9 Å². The van der Waals surface area contributed by atoms with Crippen molar-refractivity contribution in [2.24, 2.45) is 17.8 Å². The van der Waals surface area contributed by atoms with Gasteiger partial charge in [0, 0.05) is 18.6 Å². The number of H-pyrrole nitrogens is 1. The Bertz CT molecular complexity index is 816. The van der Waals surface area contributed by atoms with Crippen molar-refractivity contribution in [3.63, 3.8) is 0 Å². The van der Waals surface area contributed by atoms with Gasteiger partial charge in [0.25, 0.3) is 11.5 Å². The Morgan fingerprint density at radius 3 is 2.91 bits per heavy atom. The standard InChI is InChI=1S/C17H19N3O3/c21-8-12-9-5-6-10(7-9)14(12)19-17(23)15-18-13-4-2-1-3-11(13)16(22)20-15/h1-4,9-10,12,14,21H,5-8H2,(H,19,23)(H,18,20,22)/t9-,10-,12-,14+/m0/s1. The lowest BCUT2D eigenvalue weighted by Gasteiger charge is -2.30. The molecule has 2 bridgehead atoms. The lowest BCUT2D eigenvalue weighted by molar-refractivity contribution is 0.0851. The maximum atomic E-state index is 12.5. The van der Waals surface area contributed by atoms with Gasteiger partial charge in [0.05, 0.1) is 10.9 Å². The van der Waals surface area contributed by atoms with Crippen molar-refractivity contribution in [1.29, 1.82) is 0 Å². The molecular formula is C17H19N3O3. The zero-order valence-corrected chi connectivity index (χ0v) is 12.7. The second-order valence-corrected chi connectivity index (χ2v) is 6.61. The molecule has 0 aliphatic heterocycles. The van der Waals surface area contributed by atoms with Crippen LogP contribution in [0.1, 0.15) is 29.9 Å². The fourth-order valence-corrected chi connectivity index (χ4v) is 4.31. The van der Waals surface area contributed by atoms with Gasteiger partial charge in [-0.25, -0.2) is 4.98 Å². The van der Waals surface area contributed by atoms with E-state index in [0.717, 1.165) is 19.3 Å². The minimum Gasteiger partial charge on any atom is -0.396 e. The average molecular weight is 313 g/mol. The van der Waals surface area contributed by atoms with Gasteiger partial charge in [0.15, 0.2) is 5.82 Å². The number of carbonyl (C=O) groups is 1. The summed E-state index contributed by atoms with van der Waals surface area (Å²) >= 11 is 0. The first-order chi connectivity index (χ1) is 11.2. The molecule has 120 valence electrons. The number of rotatable bonds is 3. The molecule has 3 N–H and O–H groups in total. The van der Waals surface area contributed by atoms with Crippen molar-refractivity contribution in [2.45, 2.75) is 25.3 Å². The molecular weight excluding hydrogens is 294 g/mol. The smallest absolute Gasteiger partial charge is 0.287 e. The Morgan fingerprint density at radius 2 is 2.09 bits per heavy atom. The van der Waals surface area contributed by atoms with Crippen LogP contribution >= 0.6 is 0 Å². The number of nitrogens with zero attached hydrogens (tertiary/aromatic N) is 1. The molecule has 4 rings (SSSR count). The van der Waals surface area contributed by atoms with Gasteiger partial charge in [-0.3, -0.25) is 9.59 Å². The lowest BCUT2D eigenvalue weighted by Crippen LogP contribution is -2.46. The normalized spacial score (nSPS) is 29.1. The van der Waals surface area contributed by atoms with E-state index in [9.17, 15) is 14.7 Å². The molecule has 6 nitrogen and oxygen atoms in total. The number of carbonyl (C=O) groups excluding carboxylic acids is 1. The summed E-state index contributed by atoms with van der Waals surface area (Å²) in [5.41, 5.74) is 0.195. The molecule has 2 aliphatic carbocycles. The quantitative estimate of drug-likeness (QED) is 0.789. The number of para-hydroxylation sites is 1. The number of aromatic amines is 1. The zero-order valence-electron chi connectivity index (χ0n) is 12.7. The predicted molar refractivity (Wildman–Crippen MR) is 85.0 cm³/mol. The summed E-state index contributed by atoms with van der Waals surface area (Å²) in [6.07, 6.45) is 3.29. The second kappa shape index (κ2) is 5.45. The maximum absolute atomic E-state index is 12.5. The van der Waals surface area contributed by atoms with E-state index in [0.29, 0.717) is 22.7 Å². The third-order valence-electron chi connectivity index (χ3n) is 5.42. The highest BCUT2D eigenvalue weighted by atomic mass is 16.3. The highest BCUT2D eigenvalue weighted by molar-refractivity contribution is 5.92. The molecule has 1 aromatic heterocycles. The predicted octanol–water partition coefficient (Wildman–Crippen LogP) is 1.06. The number of aromatic nitrogens is 2. The zero-order chi connectivity index (χ0) is 16.0. The first-order valence-corrected chi connectivity index (χ1v) is 8.08. The number of benzene rings is 1. The van der Waals surface area contributed by atoms with E-state index in [2.05, 4.69) is 15.3 Å². The van der Waals surface area contributed by atoms with E-state index in [1.54, 1.807) is 24.3 Å². The summed E-state index contributed by atoms with van der Waals surface area (Å²) < 4.78 is 0. The Kier molecular flexibility index (Phi) is 3.41. The monoisotopic (exact) mass is 313 g/mol. The van der Waals surface area contributed by atoms with Crippen LogP contribution in [0.15, 0.2) is 29.1 Å². The summed E-state index contributed by atoms with van der Waals surface area (Å²) in [7, 11) is 0. The van der Waals surface area contributed by atoms with Crippen molar-refractivity contribution in [2.75, 3.05) is 6.61 Å². The largest absolute Gasteiger partial charge is 0.396 e. The van der Waals surface area contributed by atoms with Gasteiger partial charge in [-0.15, -0.1) is 0 Å². The number of nitrogens with one attached hydrogen (secondary N) is 2. The van der Waals surface area contributed by atoms with Crippen molar-refractivity contribution < 1.29 is 9.90 Å². The number of amides is 1. The molecule has 1 heterocycles. The summed E-state index contributed by atoms with van der Waals surface area (Å²) in [4.78, 5) is 31.4. The number of aliphatic hydroxyl groups is 1. The molecule has 0 radical (unpaired) electrons. The highest BCUT2D eigenvalue weighted by Crippen LogP contribution is 2.48. The van der Waals surface area contributed by atoms with Gasteiger partial charge in [-0.1, -0.05) is 12.1 Å². The van der Waals surface area contributed by atoms with Crippen LogP contribution in [0.5, 0.6) is 0 Å². The van der Waals surface area contributed by atoms with E-state index < -0.39 is 0 Å². The first kappa shape index (κ1) is 14.4. The molecule has 6 heteroatoms. The van der Waals surface area contributed by atoms with Crippen LogP contribution in [0.4, 0.5) is 0 Å². The van der Waals surface area contributed by atoms with Gasteiger partial charge in [0.2, 0.25) is 0 Å². The number of hydrogen-bond acceptors (Lipinski definition) is 4. The fourth-order valence-electron chi connectivity index (χ4n) is 4.31. The molecule has 0 saturated heterocycles. The second-order valence-electron chi connectivity index (χ2n) is 6.61. The summed E-state index contributed by atoms with van der Waals surface area (Å²) in [5.74, 6) is 0.703. The summed E-state index contributed by atoms with van der Waals surface area (Å²) in [5, 5.41) is 13.1. The first-order valence-electron chi connectivity index (χ1n) is 8.08. The van der Waals surface area contributed by atoms with Crippen LogP contribution in [-0.2, 0) is 0 Å². The molecule has 0 unspecified atom stereocenters. The SMILES string of the molecule is O=C(N[C@@H]1[C@H]2CC[C@@H](C2)[C@@H]1CO)c1nc2ccccc2c(=O)[nH]1. The Morgan fingerprint density at radius 1 is 1.30 bits per heavy atom. The Hall–Kier alpha value is -2.21. The topological polar surface area (TPSA) is 95.1 Å². The molecule has 2 fully saturated rings. The van der Waals surface area contributed by atoms with Crippen LogP contribution in [0.3, 0.4) is 0 Å². The van der Waals surface area contributed by atoms with Crippen molar-refractivity contribution in [3.8, 4) is 0 Å². The fraction of sp³-hybridized carbons (Fsp3) is 0.471. The van der Waals surface area contributed by atoms with Gasteiger partial charge >= 0.3 is 0 Å². The minimum atomic E-state index is -0.371. The number of aliphatic hydroxyl groups excluding tert-OH is 1. The van der Waals surface area contributed by atoms with Gasteiger partial charge in [-0.05, 0) is 43.2 Å².